The first-order valence-corrected chi connectivity index (χ1v) is 5.09. The Hall–Kier alpha value is -1.50. The van der Waals surface area contributed by atoms with Crippen LogP contribution in [0, 0.1) is 22.9 Å². The van der Waals surface area contributed by atoms with Crippen molar-refractivity contribution in [2.75, 3.05) is 20.3 Å². The van der Waals surface area contributed by atoms with Crippen molar-refractivity contribution in [1.82, 2.24) is 5.32 Å². The minimum absolute atomic E-state index is 0.676. The number of hydrogen-bond acceptors (Lipinski definition) is 6. The molecule has 0 fully saturated rings. The third-order valence-electron chi connectivity index (χ3n) is 1.72. The maximum atomic E-state index is 7.10. The molecule has 0 heterocycles. The van der Waals surface area contributed by atoms with Gasteiger partial charge in [0.15, 0.2) is 12.4 Å². The summed E-state index contributed by atoms with van der Waals surface area (Å²) in [6.07, 6.45) is 4.92. The second-order valence-electron chi connectivity index (χ2n) is 2.72. The molecule has 0 aliphatic rings. The molecule has 0 saturated carbocycles. The summed E-state index contributed by atoms with van der Waals surface area (Å²) in [6, 6.07) is 0.676. The molecule has 0 spiro atoms. The third-order valence-corrected chi connectivity index (χ3v) is 1.72. The van der Waals surface area contributed by atoms with Crippen LogP contribution in [0.15, 0.2) is 0 Å². The van der Waals surface area contributed by atoms with E-state index < -0.39 is 0 Å². The molecule has 16 heavy (non-hydrogen) atoms. The highest BCUT2D eigenvalue weighted by Crippen LogP contribution is 1.94. The van der Waals surface area contributed by atoms with E-state index in [4.69, 9.17) is 15.3 Å². The second-order valence-corrected chi connectivity index (χ2v) is 2.72. The molecule has 6 nitrogen and oxygen atoms in total. The van der Waals surface area contributed by atoms with E-state index >= 15 is 0 Å². The quantitative estimate of drug-likeness (QED) is 0.341. The van der Waals surface area contributed by atoms with Gasteiger partial charge in [0.2, 0.25) is 0 Å². The van der Waals surface area contributed by atoms with Crippen LogP contribution in [0.4, 0.5) is 0 Å². The van der Waals surface area contributed by atoms with Gasteiger partial charge < -0.3 is 21.5 Å². The number of nitriles is 2. The van der Waals surface area contributed by atoms with Gasteiger partial charge in [-0.25, -0.2) is 0 Å². The zero-order valence-electron chi connectivity index (χ0n) is 10.4. The molecule has 0 aromatic carbocycles. The molecular formula is C10H23N5O. The van der Waals surface area contributed by atoms with Gasteiger partial charge >= 0.3 is 0 Å². The maximum absolute atomic E-state index is 7.10. The van der Waals surface area contributed by atoms with Gasteiger partial charge in [-0.05, 0) is 12.8 Å². The zero-order valence-corrected chi connectivity index (χ0v) is 10.4. The van der Waals surface area contributed by atoms with Crippen LogP contribution in [0.25, 0.3) is 0 Å². The Morgan fingerprint density at radius 3 is 1.81 bits per heavy atom. The normalized spacial score (nSPS) is 7.62. The molecule has 0 saturated heterocycles. The fourth-order valence-electron chi connectivity index (χ4n) is 0.942. The van der Waals surface area contributed by atoms with Crippen LogP contribution in [0.2, 0.25) is 0 Å². The van der Waals surface area contributed by atoms with E-state index in [9.17, 15) is 0 Å². The highest BCUT2D eigenvalue weighted by molar-refractivity contribution is 4.60. The first-order chi connectivity index (χ1) is 7.67. The number of nitrogens with two attached hydrogens (primary N) is 2. The Labute approximate surface area is 98.2 Å². The minimum atomic E-state index is 0.676. The van der Waals surface area contributed by atoms with E-state index in [-0.39, 0.29) is 0 Å². The summed E-state index contributed by atoms with van der Waals surface area (Å²) in [6.45, 7) is 6.20. The van der Waals surface area contributed by atoms with Crippen molar-refractivity contribution < 1.29 is 4.74 Å². The maximum Gasteiger partial charge on any atom is 0.173 e. The summed E-state index contributed by atoms with van der Waals surface area (Å²) in [5.41, 5.74) is 8.31. The predicted octanol–water partition coefficient (Wildman–Crippen LogP) is 0.263. The van der Waals surface area contributed by atoms with Crippen molar-refractivity contribution >= 4 is 0 Å². The number of rotatable bonds is 6. The van der Waals surface area contributed by atoms with Crippen LogP contribution in [-0.2, 0) is 4.74 Å². The summed E-state index contributed by atoms with van der Waals surface area (Å²) in [7, 11) is 1.73. The SMILES string of the molecule is CCC(CC)NCCOC.N#CN.N#CN. The van der Waals surface area contributed by atoms with Gasteiger partial charge in [0.05, 0.1) is 6.61 Å². The lowest BCUT2D eigenvalue weighted by molar-refractivity contribution is 0.195. The Morgan fingerprint density at radius 1 is 1.19 bits per heavy atom. The van der Waals surface area contributed by atoms with Gasteiger partial charge in [0, 0.05) is 19.7 Å². The Bertz CT molecular complexity index is 169. The van der Waals surface area contributed by atoms with Gasteiger partial charge in [-0.15, -0.1) is 0 Å². The summed E-state index contributed by atoms with van der Waals surface area (Å²) in [5, 5.41) is 17.6. The molecule has 0 rings (SSSR count). The van der Waals surface area contributed by atoms with Crippen molar-refractivity contribution in [2.24, 2.45) is 11.5 Å². The van der Waals surface area contributed by atoms with E-state index in [0.717, 1.165) is 13.2 Å². The molecule has 94 valence electrons. The lowest BCUT2D eigenvalue weighted by Crippen LogP contribution is -2.30. The van der Waals surface area contributed by atoms with Crippen LogP contribution in [-0.4, -0.2) is 26.3 Å². The van der Waals surface area contributed by atoms with Crippen molar-refractivity contribution in [3.8, 4) is 12.4 Å². The average molecular weight is 229 g/mol. The van der Waals surface area contributed by atoms with Gasteiger partial charge in [0.1, 0.15) is 0 Å². The second kappa shape index (κ2) is 23.4. The topological polar surface area (TPSA) is 121 Å². The summed E-state index contributed by atoms with van der Waals surface area (Å²) >= 11 is 0. The molecule has 0 bridgehead atoms. The summed E-state index contributed by atoms with van der Waals surface area (Å²) in [4.78, 5) is 0. The van der Waals surface area contributed by atoms with Crippen LogP contribution < -0.4 is 16.8 Å². The molecule has 5 N–H and O–H groups in total. The molecule has 0 aromatic rings. The van der Waals surface area contributed by atoms with Gasteiger partial charge in [-0.3, -0.25) is 0 Å². The Kier molecular flexibility index (Phi) is 29.2. The average Bonchev–Trinajstić information content (AvgIpc) is 2.27. The number of ether oxygens (including phenoxy) is 1. The van der Waals surface area contributed by atoms with Gasteiger partial charge in [-0.2, -0.15) is 10.5 Å². The van der Waals surface area contributed by atoms with Crippen LogP contribution in [0.1, 0.15) is 26.7 Å². The molecule has 0 radical (unpaired) electrons. The van der Waals surface area contributed by atoms with Crippen molar-refractivity contribution in [2.45, 2.75) is 32.7 Å². The summed E-state index contributed by atoms with van der Waals surface area (Å²) in [5.74, 6) is 0. The molecule has 0 aliphatic carbocycles. The standard InChI is InChI=1S/C8H19NO.2CH2N2/c1-4-8(5-2)9-6-7-10-3;2*2-1-3/h8-9H,4-7H2,1-3H3;2*2H2. The van der Waals surface area contributed by atoms with Crippen LogP contribution >= 0.6 is 0 Å². The first kappa shape index (κ1) is 20.0. The smallest absolute Gasteiger partial charge is 0.173 e. The van der Waals surface area contributed by atoms with E-state index in [2.05, 4.69) is 30.6 Å². The van der Waals surface area contributed by atoms with Gasteiger partial charge in [-0.1, -0.05) is 13.8 Å². The molecule has 6 heteroatoms. The largest absolute Gasteiger partial charge is 0.383 e. The highest BCUT2D eigenvalue weighted by atomic mass is 16.5. The fourth-order valence-corrected chi connectivity index (χ4v) is 0.942. The van der Waals surface area contributed by atoms with Crippen LogP contribution in [0.5, 0.6) is 0 Å². The van der Waals surface area contributed by atoms with E-state index in [0.29, 0.717) is 6.04 Å². The van der Waals surface area contributed by atoms with Crippen molar-refractivity contribution in [3.63, 3.8) is 0 Å². The number of hydrogen-bond donors (Lipinski definition) is 3. The molecule has 0 atom stereocenters. The monoisotopic (exact) mass is 229 g/mol. The lowest BCUT2D eigenvalue weighted by Gasteiger charge is -2.13. The van der Waals surface area contributed by atoms with Crippen molar-refractivity contribution in [3.05, 3.63) is 0 Å². The third kappa shape index (κ3) is 29.4. The van der Waals surface area contributed by atoms with Gasteiger partial charge in [0.25, 0.3) is 0 Å². The Balaban J connectivity index is -0.000000235. The van der Waals surface area contributed by atoms with Crippen LogP contribution in [0.3, 0.4) is 0 Å². The van der Waals surface area contributed by atoms with E-state index in [1.165, 1.54) is 25.2 Å². The molecule has 0 unspecified atom stereocenters. The molecule has 0 aromatic heterocycles. The summed E-state index contributed by atoms with van der Waals surface area (Å²) < 4.78 is 4.92. The predicted molar refractivity (Wildman–Crippen MR) is 63.8 cm³/mol. The first-order valence-electron chi connectivity index (χ1n) is 5.09. The number of nitrogens with one attached hydrogen (secondary N) is 1. The molecule has 0 aliphatic heterocycles. The zero-order chi connectivity index (χ0) is 13.2. The molecular weight excluding hydrogens is 206 g/mol. The fraction of sp³-hybridized carbons (Fsp3) is 0.800. The molecule has 0 amide bonds. The lowest BCUT2D eigenvalue weighted by atomic mass is 10.2. The number of nitrogens with zero attached hydrogens (tertiary/aromatic N) is 2. The number of methoxy groups -OCH3 is 1. The van der Waals surface area contributed by atoms with Crippen molar-refractivity contribution in [1.29, 1.82) is 10.5 Å². The minimum Gasteiger partial charge on any atom is -0.383 e. The van der Waals surface area contributed by atoms with E-state index in [1.807, 2.05) is 0 Å². The van der Waals surface area contributed by atoms with E-state index in [1.54, 1.807) is 7.11 Å². The Morgan fingerprint density at radius 2 is 1.56 bits per heavy atom. The highest BCUT2D eigenvalue weighted by Gasteiger charge is 1.99.